The van der Waals surface area contributed by atoms with Crippen LogP contribution in [0.1, 0.15) is 22.3 Å². The number of nitrogens with zero attached hydrogens (tertiary/aromatic N) is 1. The van der Waals surface area contributed by atoms with Gasteiger partial charge in [-0.2, -0.15) is 0 Å². The number of hydrogen-bond donors (Lipinski definition) is 0. The van der Waals surface area contributed by atoms with Gasteiger partial charge in [-0.3, -0.25) is 0 Å². The maximum absolute atomic E-state index is 7.17. The third kappa shape index (κ3) is 5.32. The average Bonchev–Trinajstić information content (AvgIpc) is 3.64. The van der Waals surface area contributed by atoms with Gasteiger partial charge in [0.1, 0.15) is 11.5 Å². The maximum atomic E-state index is 7.17. The number of ether oxygens (including phenoxy) is 1. The van der Waals surface area contributed by atoms with E-state index >= 15 is 0 Å². The van der Waals surface area contributed by atoms with Crippen molar-refractivity contribution >= 4 is 49.4 Å². The first-order chi connectivity index (χ1) is 31.2. The first-order valence-corrected chi connectivity index (χ1v) is 21.7. The zero-order valence-electron chi connectivity index (χ0n) is 34.4. The van der Waals surface area contributed by atoms with Crippen LogP contribution in [-0.4, -0.2) is 0 Å². The molecule has 1 aliphatic carbocycles. The summed E-state index contributed by atoms with van der Waals surface area (Å²) < 4.78 is 7.17. The SMILES string of the molecule is c1ccc(-c2ccc(N(c3cccc(-c4ccc5c(c4)-c4ccccc4C54c5ccc6ccccc6c5Oc5c4ccc4ccccc54)c3)c3cccc4ccccc34)cc2)cc1. The Kier molecular flexibility index (Phi) is 7.85. The van der Waals surface area contributed by atoms with Crippen LogP contribution in [0.4, 0.5) is 17.1 Å². The largest absolute Gasteiger partial charge is 0.455 e. The monoisotopic (exact) mass is 801 g/mol. The maximum Gasteiger partial charge on any atom is 0.140 e. The van der Waals surface area contributed by atoms with Crippen molar-refractivity contribution in [2.24, 2.45) is 0 Å². The standard InChI is InChI=1S/C61H39NO/c1-2-14-40(15-3-1)41-28-33-47(34-29-41)62(58-27-13-19-42-16-4-7-22-49(42)58)48-21-12-20-45(38-48)46-32-35-55-53(39-46)52-25-10-11-26-54(52)61(55)56-36-30-43-17-5-8-23-50(43)59(56)63-60-51-24-9-6-18-44(51)31-37-57(60)61/h1-39H. The summed E-state index contributed by atoms with van der Waals surface area (Å²) in [5.41, 5.74) is 14.9. The summed E-state index contributed by atoms with van der Waals surface area (Å²) in [6.07, 6.45) is 0. The van der Waals surface area contributed by atoms with Crippen molar-refractivity contribution in [1.29, 1.82) is 0 Å². The zero-order valence-corrected chi connectivity index (χ0v) is 34.4. The van der Waals surface area contributed by atoms with E-state index in [0.717, 1.165) is 44.9 Å². The minimum atomic E-state index is -0.583. The summed E-state index contributed by atoms with van der Waals surface area (Å²) in [6, 6.07) is 86.4. The van der Waals surface area contributed by atoms with Crippen molar-refractivity contribution in [3.05, 3.63) is 259 Å². The predicted molar refractivity (Wildman–Crippen MR) is 262 cm³/mol. The summed E-state index contributed by atoms with van der Waals surface area (Å²) >= 11 is 0. The second-order valence-corrected chi connectivity index (χ2v) is 16.8. The van der Waals surface area contributed by atoms with Crippen molar-refractivity contribution in [1.82, 2.24) is 0 Å². The fourth-order valence-electron chi connectivity index (χ4n) is 10.7. The van der Waals surface area contributed by atoms with Gasteiger partial charge in [0.05, 0.1) is 11.1 Å². The second-order valence-electron chi connectivity index (χ2n) is 16.8. The third-order valence-corrected chi connectivity index (χ3v) is 13.5. The van der Waals surface area contributed by atoms with Gasteiger partial charge in [-0.25, -0.2) is 0 Å². The van der Waals surface area contributed by atoms with Crippen molar-refractivity contribution in [3.63, 3.8) is 0 Å². The Morgan fingerprint density at radius 2 is 0.810 bits per heavy atom. The van der Waals surface area contributed by atoms with Crippen molar-refractivity contribution in [2.45, 2.75) is 5.41 Å². The van der Waals surface area contributed by atoms with E-state index in [9.17, 15) is 0 Å². The van der Waals surface area contributed by atoms with Crippen molar-refractivity contribution < 1.29 is 4.74 Å². The highest BCUT2D eigenvalue weighted by molar-refractivity contribution is 6.02. The third-order valence-electron chi connectivity index (χ3n) is 13.5. The fourth-order valence-corrected chi connectivity index (χ4v) is 10.7. The molecule has 0 fully saturated rings. The van der Waals surface area contributed by atoms with E-state index in [2.05, 4.69) is 241 Å². The first kappa shape index (κ1) is 35.5. The van der Waals surface area contributed by atoms with Gasteiger partial charge in [-0.1, -0.05) is 200 Å². The lowest BCUT2D eigenvalue weighted by Crippen LogP contribution is -2.32. The lowest BCUT2D eigenvalue weighted by Gasteiger charge is -2.40. The molecule has 0 atom stereocenters. The summed E-state index contributed by atoms with van der Waals surface area (Å²) in [5, 5.41) is 6.99. The molecule has 13 rings (SSSR count). The molecule has 0 saturated heterocycles. The van der Waals surface area contributed by atoms with E-state index in [-0.39, 0.29) is 0 Å². The molecule has 11 aromatic rings. The van der Waals surface area contributed by atoms with Gasteiger partial charge < -0.3 is 9.64 Å². The van der Waals surface area contributed by atoms with Gasteiger partial charge in [0.15, 0.2) is 0 Å². The van der Waals surface area contributed by atoms with E-state index in [1.165, 1.54) is 71.6 Å². The topological polar surface area (TPSA) is 12.5 Å². The lowest BCUT2D eigenvalue weighted by molar-refractivity contribution is 0.447. The van der Waals surface area contributed by atoms with E-state index in [1.807, 2.05) is 0 Å². The molecular formula is C61H39NO. The van der Waals surface area contributed by atoms with Crippen molar-refractivity contribution in [2.75, 3.05) is 4.90 Å². The Labute approximate surface area is 366 Å². The molecule has 11 aromatic carbocycles. The Morgan fingerprint density at radius 1 is 0.302 bits per heavy atom. The number of rotatable bonds is 5. The Balaban J connectivity index is 1.00. The van der Waals surface area contributed by atoms with Crippen molar-refractivity contribution in [3.8, 4) is 44.9 Å². The molecule has 0 saturated carbocycles. The Morgan fingerprint density at radius 3 is 1.54 bits per heavy atom. The molecule has 0 radical (unpaired) electrons. The predicted octanol–water partition coefficient (Wildman–Crippen LogP) is 16.4. The number of fused-ring (bicyclic) bond motifs is 14. The zero-order chi connectivity index (χ0) is 41.5. The van der Waals surface area contributed by atoms with Crippen LogP contribution in [-0.2, 0) is 5.41 Å². The van der Waals surface area contributed by atoms with Crippen LogP contribution in [0, 0.1) is 0 Å². The molecule has 1 spiro atoms. The number of anilines is 3. The van der Waals surface area contributed by atoms with Crippen LogP contribution in [0.5, 0.6) is 11.5 Å². The first-order valence-electron chi connectivity index (χ1n) is 21.7. The highest BCUT2D eigenvalue weighted by Gasteiger charge is 2.51. The smallest absolute Gasteiger partial charge is 0.140 e. The number of hydrogen-bond acceptors (Lipinski definition) is 2. The molecule has 294 valence electrons. The Bertz CT molecular complexity index is 3520. The average molecular weight is 802 g/mol. The lowest BCUT2D eigenvalue weighted by atomic mass is 9.65. The highest BCUT2D eigenvalue weighted by atomic mass is 16.5. The van der Waals surface area contributed by atoms with E-state index in [1.54, 1.807) is 0 Å². The van der Waals surface area contributed by atoms with Crippen LogP contribution in [0.25, 0.3) is 65.7 Å². The van der Waals surface area contributed by atoms with Gasteiger partial charge in [-0.05, 0) is 97.1 Å². The van der Waals surface area contributed by atoms with Gasteiger partial charge in [-0.15, -0.1) is 0 Å². The molecule has 0 bridgehead atoms. The fraction of sp³-hybridized carbons (Fsp3) is 0.0164. The second kappa shape index (κ2) is 13.9. The normalized spacial score (nSPS) is 13.0. The van der Waals surface area contributed by atoms with Crippen LogP contribution in [0.2, 0.25) is 0 Å². The molecule has 2 nitrogen and oxygen atoms in total. The molecule has 0 N–H and O–H groups in total. The van der Waals surface area contributed by atoms with Gasteiger partial charge in [0.25, 0.3) is 0 Å². The van der Waals surface area contributed by atoms with Crippen LogP contribution in [0.3, 0.4) is 0 Å². The molecule has 0 aromatic heterocycles. The van der Waals surface area contributed by atoms with E-state index in [4.69, 9.17) is 4.74 Å². The summed E-state index contributed by atoms with van der Waals surface area (Å²) in [6.45, 7) is 0. The minimum Gasteiger partial charge on any atom is -0.455 e. The summed E-state index contributed by atoms with van der Waals surface area (Å²) in [5.74, 6) is 1.86. The van der Waals surface area contributed by atoms with Gasteiger partial charge >= 0.3 is 0 Å². The molecule has 63 heavy (non-hydrogen) atoms. The molecule has 2 aliphatic rings. The van der Waals surface area contributed by atoms with Crippen LogP contribution < -0.4 is 9.64 Å². The summed E-state index contributed by atoms with van der Waals surface area (Å²) in [7, 11) is 0. The van der Waals surface area contributed by atoms with E-state index in [0.29, 0.717) is 0 Å². The molecule has 1 heterocycles. The minimum absolute atomic E-state index is 0.583. The Hall–Kier alpha value is -8.20. The molecule has 0 amide bonds. The summed E-state index contributed by atoms with van der Waals surface area (Å²) in [4.78, 5) is 2.41. The van der Waals surface area contributed by atoms with Gasteiger partial charge in [0, 0.05) is 38.7 Å². The van der Waals surface area contributed by atoms with Crippen LogP contribution >= 0.6 is 0 Å². The quantitative estimate of drug-likeness (QED) is 0.172. The van der Waals surface area contributed by atoms with Crippen LogP contribution in [0.15, 0.2) is 237 Å². The molecule has 1 aliphatic heterocycles. The molecular weight excluding hydrogens is 763 g/mol. The molecule has 0 unspecified atom stereocenters. The number of benzene rings is 11. The molecule has 2 heteroatoms. The van der Waals surface area contributed by atoms with E-state index < -0.39 is 5.41 Å². The van der Waals surface area contributed by atoms with Gasteiger partial charge in [0.2, 0.25) is 0 Å². The highest BCUT2D eigenvalue weighted by Crippen LogP contribution is 2.64.